The van der Waals surface area contributed by atoms with Crippen molar-refractivity contribution in [1.29, 1.82) is 0 Å². The molecule has 0 bridgehead atoms. The lowest BCUT2D eigenvalue weighted by Crippen LogP contribution is -2.43. The Hall–Kier alpha value is -0.910. The normalized spacial score (nSPS) is 11.9. The highest BCUT2D eigenvalue weighted by Crippen LogP contribution is 2.03. The monoisotopic (exact) mass is 219 g/mol. The average Bonchev–Trinajstić information content (AvgIpc) is 2.13. The molecule has 0 radical (unpaired) electrons. The highest BCUT2D eigenvalue weighted by Gasteiger charge is 2.17. The SMILES string of the molecule is CSCC(=O)N(CC(N)=NO)C(C)C. The van der Waals surface area contributed by atoms with Crippen LogP contribution in [0.5, 0.6) is 0 Å². The van der Waals surface area contributed by atoms with E-state index in [1.807, 2.05) is 20.1 Å². The Bertz CT molecular complexity index is 219. The molecule has 6 heteroatoms. The number of amidine groups is 1. The van der Waals surface area contributed by atoms with Crippen molar-refractivity contribution in [2.75, 3.05) is 18.6 Å². The largest absolute Gasteiger partial charge is 0.409 e. The van der Waals surface area contributed by atoms with Crippen LogP contribution in [0.2, 0.25) is 0 Å². The van der Waals surface area contributed by atoms with E-state index >= 15 is 0 Å². The van der Waals surface area contributed by atoms with Crippen LogP contribution in [0.25, 0.3) is 0 Å². The summed E-state index contributed by atoms with van der Waals surface area (Å²) < 4.78 is 0. The maximum atomic E-state index is 11.5. The van der Waals surface area contributed by atoms with Gasteiger partial charge in [-0.25, -0.2) is 0 Å². The van der Waals surface area contributed by atoms with Gasteiger partial charge in [0, 0.05) is 6.04 Å². The van der Waals surface area contributed by atoms with Crippen LogP contribution in [0.3, 0.4) is 0 Å². The van der Waals surface area contributed by atoms with Crippen molar-refractivity contribution in [3.63, 3.8) is 0 Å². The number of amides is 1. The highest BCUT2D eigenvalue weighted by atomic mass is 32.2. The maximum Gasteiger partial charge on any atom is 0.233 e. The second-order valence-corrected chi connectivity index (χ2v) is 4.01. The van der Waals surface area contributed by atoms with Crippen LogP contribution in [0.4, 0.5) is 0 Å². The van der Waals surface area contributed by atoms with Crippen LogP contribution >= 0.6 is 11.8 Å². The highest BCUT2D eigenvalue weighted by molar-refractivity contribution is 7.99. The third kappa shape index (κ3) is 4.36. The molecule has 0 atom stereocenters. The molecule has 82 valence electrons. The fraction of sp³-hybridized carbons (Fsp3) is 0.750. The summed E-state index contributed by atoms with van der Waals surface area (Å²) in [5, 5.41) is 11.2. The van der Waals surface area contributed by atoms with E-state index in [-0.39, 0.29) is 24.3 Å². The molecule has 0 saturated heterocycles. The van der Waals surface area contributed by atoms with Crippen LogP contribution in [0, 0.1) is 0 Å². The first-order chi connectivity index (χ1) is 6.52. The van der Waals surface area contributed by atoms with Gasteiger partial charge in [0.1, 0.15) is 0 Å². The Morgan fingerprint density at radius 2 is 2.21 bits per heavy atom. The fourth-order valence-corrected chi connectivity index (χ4v) is 1.38. The Kier molecular flexibility index (Phi) is 6.11. The quantitative estimate of drug-likeness (QED) is 0.302. The van der Waals surface area contributed by atoms with Crippen molar-refractivity contribution in [2.45, 2.75) is 19.9 Å². The number of hydrogen-bond donors (Lipinski definition) is 2. The van der Waals surface area contributed by atoms with Crippen molar-refractivity contribution in [3.8, 4) is 0 Å². The van der Waals surface area contributed by atoms with Gasteiger partial charge in [0.2, 0.25) is 5.91 Å². The third-order valence-corrected chi connectivity index (χ3v) is 2.21. The van der Waals surface area contributed by atoms with Crippen molar-refractivity contribution in [1.82, 2.24) is 4.90 Å². The zero-order valence-electron chi connectivity index (χ0n) is 8.73. The average molecular weight is 219 g/mol. The molecule has 0 aliphatic rings. The molecule has 14 heavy (non-hydrogen) atoms. The van der Waals surface area contributed by atoms with E-state index in [1.165, 1.54) is 11.8 Å². The zero-order chi connectivity index (χ0) is 11.1. The van der Waals surface area contributed by atoms with Gasteiger partial charge in [0.15, 0.2) is 5.84 Å². The molecule has 0 saturated carbocycles. The summed E-state index contributed by atoms with van der Waals surface area (Å²) in [6.45, 7) is 3.96. The van der Waals surface area contributed by atoms with Crippen LogP contribution in [-0.2, 0) is 4.79 Å². The predicted octanol–water partition coefficient (Wildman–Crippen LogP) is 0.333. The minimum Gasteiger partial charge on any atom is -0.409 e. The van der Waals surface area contributed by atoms with Crippen molar-refractivity contribution < 1.29 is 10.0 Å². The molecule has 0 heterocycles. The minimum atomic E-state index is -0.000833. The summed E-state index contributed by atoms with van der Waals surface area (Å²) in [6.07, 6.45) is 1.86. The van der Waals surface area contributed by atoms with E-state index in [1.54, 1.807) is 4.90 Å². The molecule has 0 aliphatic heterocycles. The summed E-state index contributed by atoms with van der Waals surface area (Å²) >= 11 is 1.46. The molecular weight excluding hydrogens is 202 g/mol. The summed E-state index contributed by atoms with van der Waals surface area (Å²) in [4.78, 5) is 13.1. The molecule has 5 nitrogen and oxygen atoms in total. The number of thioether (sulfide) groups is 1. The molecule has 0 spiro atoms. The van der Waals surface area contributed by atoms with E-state index in [2.05, 4.69) is 5.16 Å². The summed E-state index contributed by atoms with van der Waals surface area (Å²) in [5.41, 5.74) is 5.34. The molecule has 0 aromatic carbocycles. The van der Waals surface area contributed by atoms with E-state index in [0.29, 0.717) is 5.75 Å². The number of carbonyl (C=O) groups is 1. The molecule has 0 aliphatic carbocycles. The topological polar surface area (TPSA) is 78.9 Å². The Balaban J connectivity index is 4.36. The van der Waals surface area contributed by atoms with Gasteiger partial charge < -0.3 is 15.8 Å². The zero-order valence-corrected chi connectivity index (χ0v) is 9.54. The number of oxime groups is 1. The van der Waals surface area contributed by atoms with Gasteiger partial charge in [0.05, 0.1) is 12.3 Å². The van der Waals surface area contributed by atoms with Crippen LogP contribution in [-0.4, -0.2) is 46.4 Å². The lowest BCUT2D eigenvalue weighted by atomic mass is 10.3. The van der Waals surface area contributed by atoms with Gasteiger partial charge in [-0.15, -0.1) is 0 Å². The maximum absolute atomic E-state index is 11.5. The van der Waals surface area contributed by atoms with Crippen molar-refractivity contribution >= 4 is 23.5 Å². The predicted molar refractivity (Wildman–Crippen MR) is 58.6 cm³/mol. The summed E-state index contributed by atoms with van der Waals surface area (Å²) in [6, 6.07) is 0.0509. The Morgan fingerprint density at radius 3 is 2.57 bits per heavy atom. The second-order valence-electron chi connectivity index (χ2n) is 3.14. The van der Waals surface area contributed by atoms with Crippen molar-refractivity contribution in [3.05, 3.63) is 0 Å². The third-order valence-electron chi connectivity index (χ3n) is 1.67. The lowest BCUT2D eigenvalue weighted by Gasteiger charge is -2.25. The Labute approximate surface area is 88.3 Å². The van der Waals surface area contributed by atoms with Crippen molar-refractivity contribution in [2.24, 2.45) is 10.9 Å². The molecule has 1 amide bonds. The molecular formula is C8H17N3O2S. The lowest BCUT2D eigenvalue weighted by molar-refractivity contribution is -0.129. The number of nitrogens with two attached hydrogens (primary N) is 1. The van der Waals surface area contributed by atoms with Gasteiger partial charge >= 0.3 is 0 Å². The number of rotatable bonds is 5. The van der Waals surface area contributed by atoms with E-state index in [9.17, 15) is 4.79 Å². The summed E-state index contributed by atoms with van der Waals surface area (Å²) in [7, 11) is 0. The minimum absolute atomic E-state index is 0.000833. The molecule has 0 unspecified atom stereocenters. The number of carbonyl (C=O) groups excluding carboxylic acids is 1. The molecule has 3 N–H and O–H groups in total. The van der Waals surface area contributed by atoms with Gasteiger partial charge in [-0.1, -0.05) is 5.16 Å². The first-order valence-electron chi connectivity index (χ1n) is 4.27. The Morgan fingerprint density at radius 1 is 1.64 bits per heavy atom. The first kappa shape index (κ1) is 13.1. The van der Waals surface area contributed by atoms with E-state index < -0.39 is 0 Å². The van der Waals surface area contributed by atoms with Gasteiger partial charge in [0.25, 0.3) is 0 Å². The van der Waals surface area contributed by atoms with Crippen LogP contribution in [0.1, 0.15) is 13.8 Å². The standard InChI is InChI=1S/C8H17N3O2S/c1-6(2)11(4-7(9)10-13)8(12)5-14-3/h6,13H,4-5H2,1-3H3,(H2,9,10). The fourth-order valence-electron chi connectivity index (χ4n) is 0.971. The second kappa shape index (κ2) is 6.53. The van der Waals surface area contributed by atoms with Crippen LogP contribution < -0.4 is 5.73 Å². The first-order valence-corrected chi connectivity index (χ1v) is 5.67. The molecule has 0 rings (SSSR count). The summed E-state index contributed by atoms with van der Waals surface area (Å²) in [5.74, 6) is 0.462. The van der Waals surface area contributed by atoms with E-state index in [0.717, 1.165) is 0 Å². The molecule has 0 aromatic rings. The van der Waals surface area contributed by atoms with Crippen LogP contribution in [0.15, 0.2) is 5.16 Å². The van der Waals surface area contributed by atoms with Gasteiger partial charge in [-0.3, -0.25) is 4.79 Å². The number of hydrogen-bond acceptors (Lipinski definition) is 4. The molecule has 0 fully saturated rings. The van der Waals surface area contributed by atoms with Gasteiger partial charge in [-0.05, 0) is 20.1 Å². The van der Waals surface area contributed by atoms with E-state index in [4.69, 9.17) is 10.9 Å². The smallest absolute Gasteiger partial charge is 0.233 e. The number of nitrogens with zero attached hydrogens (tertiary/aromatic N) is 2. The van der Waals surface area contributed by atoms with Gasteiger partial charge in [-0.2, -0.15) is 11.8 Å². The molecule has 0 aromatic heterocycles.